The number of furan rings is 1. The normalized spacial score (nSPS) is 13.8. The van der Waals surface area contributed by atoms with Gasteiger partial charge in [0.2, 0.25) is 5.91 Å². The highest BCUT2D eigenvalue weighted by molar-refractivity contribution is 6.01. The van der Waals surface area contributed by atoms with Gasteiger partial charge in [0.05, 0.1) is 30.3 Å². The first-order valence-corrected chi connectivity index (χ1v) is 18.6. The average Bonchev–Trinajstić information content (AvgIpc) is 3.75. The van der Waals surface area contributed by atoms with Gasteiger partial charge in [-0.15, -0.1) is 0 Å². The van der Waals surface area contributed by atoms with Crippen molar-refractivity contribution in [2.75, 3.05) is 25.0 Å². The van der Waals surface area contributed by atoms with Crippen molar-refractivity contribution in [3.63, 3.8) is 0 Å². The second-order valence-electron chi connectivity index (χ2n) is 13.8. The molecule has 3 aromatic carbocycles. The van der Waals surface area contributed by atoms with Crippen LogP contribution in [0, 0.1) is 13.8 Å². The highest BCUT2D eigenvalue weighted by Crippen LogP contribution is 2.30. The number of aromatic nitrogens is 2. The summed E-state index contributed by atoms with van der Waals surface area (Å²) in [5.41, 5.74) is 6.04. The Kier molecular flexibility index (Phi) is 11.9. The van der Waals surface area contributed by atoms with E-state index in [4.69, 9.17) is 9.52 Å². The molecule has 3 heterocycles. The number of anilines is 1. The number of aryl methyl sites for hydroxylation is 2. The minimum Gasteiger partial charge on any atom is -0.461 e. The van der Waals surface area contributed by atoms with Gasteiger partial charge in [0.25, 0.3) is 11.8 Å². The molecule has 0 spiro atoms. The first-order valence-electron chi connectivity index (χ1n) is 18.6. The number of aliphatic hydroxyl groups excluding tert-OH is 1. The molecule has 10 nitrogen and oxygen atoms in total. The van der Waals surface area contributed by atoms with E-state index >= 15 is 0 Å². The third-order valence-electron chi connectivity index (χ3n) is 9.95. The van der Waals surface area contributed by atoms with E-state index in [-0.39, 0.29) is 30.7 Å². The van der Waals surface area contributed by atoms with Crippen molar-refractivity contribution in [2.24, 2.45) is 0 Å². The number of hydrogen-bond acceptors (Lipinski definition) is 6. The Morgan fingerprint density at radius 1 is 0.906 bits per heavy atom. The first-order chi connectivity index (χ1) is 25.7. The lowest BCUT2D eigenvalue weighted by molar-refractivity contribution is -0.115. The fourth-order valence-corrected chi connectivity index (χ4v) is 6.93. The van der Waals surface area contributed by atoms with Crippen molar-refractivity contribution in [3.8, 4) is 17.0 Å². The summed E-state index contributed by atoms with van der Waals surface area (Å²) < 4.78 is 7.61. The maximum absolute atomic E-state index is 14.7. The predicted octanol–water partition coefficient (Wildman–Crippen LogP) is 7.53. The number of unbranched alkanes of at least 4 members (excludes halogenated alkanes) is 2. The molecular weight excluding hydrogens is 667 g/mol. The van der Waals surface area contributed by atoms with Gasteiger partial charge in [0, 0.05) is 42.1 Å². The van der Waals surface area contributed by atoms with Gasteiger partial charge in [0.15, 0.2) is 5.69 Å². The second-order valence-corrected chi connectivity index (χ2v) is 13.8. The molecular formula is C43H49N5O5. The van der Waals surface area contributed by atoms with Crippen LogP contribution in [0.4, 0.5) is 5.69 Å². The molecule has 1 atom stereocenters. The lowest BCUT2D eigenvalue weighted by Gasteiger charge is -2.36. The molecule has 0 unspecified atom stereocenters. The Labute approximate surface area is 311 Å². The van der Waals surface area contributed by atoms with Crippen LogP contribution in [0.2, 0.25) is 0 Å². The van der Waals surface area contributed by atoms with Crippen LogP contribution in [0.5, 0.6) is 0 Å². The van der Waals surface area contributed by atoms with Crippen molar-refractivity contribution < 1.29 is 23.9 Å². The number of rotatable bonds is 14. The average molecular weight is 716 g/mol. The Morgan fingerprint density at radius 2 is 1.60 bits per heavy atom. The van der Waals surface area contributed by atoms with Crippen molar-refractivity contribution in [2.45, 2.75) is 78.8 Å². The van der Waals surface area contributed by atoms with Crippen LogP contribution in [0.1, 0.15) is 88.5 Å². The third-order valence-corrected chi connectivity index (χ3v) is 9.95. The number of amides is 3. The van der Waals surface area contributed by atoms with E-state index in [1.807, 2.05) is 79.4 Å². The number of hydrogen-bond donors (Lipinski definition) is 2. The number of aliphatic hydroxyl groups is 1. The predicted molar refractivity (Wildman–Crippen MR) is 206 cm³/mol. The summed E-state index contributed by atoms with van der Waals surface area (Å²) in [6.45, 7) is 9.35. The minimum absolute atomic E-state index is 0.0823. The van der Waals surface area contributed by atoms with Crippen LogP contribution >= 0.6 is 0 Å². The number of carbonyl (C=O) groups is 3. The van der Waals surface area contributed by atoms with E-state index in [0.717, 1.165) is 47.9 Å². The van der Waals surface area contributed by atoms with Crippen LogP contribution in [-0.2, 0) is 24.2 Å². The topological polar surface area (TPSA) is 121 Å². The summed E-state index contributed by atoms with van der Waals surface area (Å²) in [7, 11) is 0. The standard InChI is InChI=1S/C43H49N5O5/c1-5-7-20-46(21-8-6-2)43(52)38-22-29(3)48(45-38)39-19-18-35(44-41(50)25-34-24-40(53-30(34)4)31-14-10-9-11-15-31)26-37(39)42(51)47-27-33-17-13-12-16-32(33)23-36(47)28-49/h9-19,22,24,26,36,49H,5-8,20-21,23,25,27-28H2,1-4H3,(H,44,50)/t36-/m0/s1. The Bertz CT molecular complexity index is 2060. The van der Waals surface area contributed by atoms with Crippen molar-refractivity contribution in [1.29, 1.82) is 0 Å². The van der Waals surface area contributed by atoms with E-state index in [2.05, 4.69) is 19.2 Å². The summed E-state index contributed by atoms with van der Waals surface area (Å²) in [5.74, 6) is 0.646. The van der Waals surface area contributed by atoms with Crippen LogP contribution in [0.25, 0.3) is 17.0 Å². The maximum Gasteiger partial charge on any atom is 0.274 e. The Hall–Kier alpha value is -5.48. The Balaban J connectivity index is 1.33. The zero-order valence-corrected chi connectivity index (χ0v) is 31.1. The van der Waals surface area contributed by atoms with Crippen LogP contribution in [0.3, 0.4) is 0 Å². The molecule has 276 valence electrons. The van der Waals surface area contributed by atoms with Crippen LogP contribution in [-0.4, -0.2) is 68.1 Å². The van der Waals surface area contributed by atoms with Crippen LogP contribution in [0.15, 0.2) is 89.3 Å². The van der Waals surface area contributed by atoms with Gasteiger partial charge in [-0.05, 0) is 74.6 Å². The highest BCUT2D eigenvalue weighted by atomic mass is 16.3. The largest absolute Gasteiger partial charge is 0.461 e. The number of fused-ring (bicyclic) bond motifs is 1. The molecule has 3 amide bonds. The van der Waals surface area contributed by atoms with Gasteiger partial charge in [0.1, 0.15) is 11.5 Å². The van der Waals surface area contributed by atoms with Crippen molar-refractivity contribution in [3.05, 3.63) is 124 Å². The summed E-state index contributed by atoms with van der Waals surface area (Å²) in [6.07, 6.45) is 4.36. The molecule has 2 N–H and O–H groups in total. The van der Waals surface area contributed by atoms with E-state index in [9.17, 15) is 19.5 Å². The van der Waals surface area contributed by atoms with E-state index in [1.165, 1.54) is 0 Å². The highest BCUT2D eigenvalue weighted by Gasteiger charge is 2.32. The zero-order valence-electron chi connectivity index (χ0n) is 31.1. The molecule has 0 radical (unpaired) electrons. The molecule has 10 heteroatoms. The molecule has 6 rings (SSSR count). The van der Waals surface area contributed by atoms with Gasteiger partial charge in [-0.25, -0.2) is 4.68 Å². The smallest absolute Gasteiger partial charge is 0.274 e. The molecule has 0 fully saturated rings. The molecule has 0 bridgehead atoms. The lowest BCUT2D eigenvalue weighted by Crippen LogP contribution is -2.46. The number of nitrogens with zero attached hydrogens (tertiary/aromatic N) is 4. The molecule has 53 heavy (non-hydrogen) atoms. The molecule has 5 aromatic rings. The van der Waals surface area contributed by atoms with Gasteiger partial charge >= 0.3 is 0 Å². The lowest BCUT2D eigenvalue weighted by atomic mass is 9.93. The maximum atomic E-state index is 14.7. The van der Waals surface area contributed by atoms with Crippen molar-refractivity contribution >= 4 is 23.4 Å². The second kappa shape index (κ2) is 16.9. The summed E-state index contributed by atoms with van der Waals surface area (Å²) in [4.78, 5) is 45.4. The minimum atomic E-state index is -0.437. The number of nitrogens with one attached hydrogen (secondary N) is 1. The quantitative estimate of drug-likeness (QED) is 0.123. The molecule has 2 aromatic heterocycles. The monoisotopic (exact) mass is 715 g/mol. The number of benzene rings is 3. The SMILES string of the molecule is CCCCN(CCCC)C(=O)c1cc(C)n(-c2ccc(NC(=O)Cc3cc(-c4ccccc4)oc3C)cc2C(=O)N2Cc3ccccc3C[C@H]2CO)n1. The van der Waals surface area contributed by atoms with Gasteiger partial charge in [-0.1, -0.05) is 81.3 Å². The zero-order chi connectivity index (χ0) is 37.5. The molecule has 0 aliphatic carbocycles. The third kappa shape index (κ3) is 8.44. The summed E-state index contributed by atoms with van der Waals surface area (Å²) in [6, 6.07) is 26.1. The van der Waals surface area contributed by atoms with E-state index < -0.39 is 6.04 Å². The summed E-state index contributed by atoms with van der Waals surface area (Å²) >= 11 is 0. The van der Waals surface area contributed by atoms with Gasteiger partial charge < -0.3 is 24.6 Å². The fraction of sp³-hybridized carbons (Fsp3) is 0.349. The molecule has 0 saturated heterocycles. The van der Waals surface area contributed by atoms with Crippen LogP contribution < -0.4 is 5.32 Å². The fourth-order valence-electron chi connectivity index (χ4n) is 6.93. The summed E-state index contributed by atoms with van der Waals surface area (Å²) in [5, 5.41) is 18.2. The Morgan fingerprint density at radius 3 is 2.30 bits per heavy atom. The van der Waals surface area contributed by atoms with Gasteiger partial charge in [-0.2, -0.15) is 5.10 Å². The number of carbonyl (C=O) groups excluding carboxylic acids is 3. The molecule has 0 saturated carbocycles. The first kappa shape index (κ1) is 37.3. The van der Waals surface area contributed by atoms with E-state index in [1.54, 1.807) is 33.8 Å². The molecule has 1 aliphatic rings. The van der Waals surface area contributed by atoms with Gasteiger partial charge in [-0.3, -0.25) is 14.4 Å². The van der Waals surface area contributed by atoms with E-state index in [0.29, 0.717) is 65.9 Å². The van der Waals surface area contributed by atoms with Crippen molar-refractivity contribution in [1.82, 2.24) is 19.6 Å². The molecule has 1 aliphatic heterocycles.